The molecule has 23 heavy (non-hydrogen) atoms. The number of hydrogen-bond donors (Lipinski definition) is 1. The lowest BCUT2D eigenvalue weighted by Crippen LogP contribution is -2.46. The Morgan fingerprint density at radius 1 is 0.870 bits per heavy atom. The maximum absolute atomic E-state index is 7.21. The molecule has 0 aliphatic heterocycles. The molecule has 2 aliphatic rings. The lowest BCUT2D eigenvalue weighted by Gasteiger charge is -2.40. The van der Waals surface area contributed by atoms with Crippen LogP contribution in [0.2, 0.25) is 0 Å². The van der Waals surface area contributed by atoms with E-state index >= 15 is 0 Å². The van der Waals surface area contributed by atoms with Gasteiger partial charge in [0.05, 0.1) is 5.54 Å². The van der Waals surface area contributed by atoms with Crippen LogP contribution in [0.1, 0.15) is 56.9 Å². The summed E-state index contributed by atoms with van der Waals surface area (Å²) in [6, 6.07) is 10.8. The molecule has 1 fully saturated rings. The summed E-state index contributed by atoms with van der Waals surface area (Å²) < 4.78 is 0. The highest BCUT2D eigenvalue weighted by molar-refractivity contribution is 5.43. The van der Waals surface area contributed by atoms with Crippen molar-refractivity contribution in [3.8, 4) is 0 Å². The Hall–Kier alpha value is -1.60. The van der Waals surface area contributed by atoms with Crippen LogP contribution in [0.25, 0.3) is 0 Å². The van der Waals surface area contributed by atoms with Crippen LogP contribution in [-0.2, 0) is 5.54 Å². The number of rotatable bonds is 3. The summed E-state index contributed by atoms with van der Waals surface area (Å²) in [4.78, 5) is 0. The van der Waals surface area contributed by atoms with Crippen molar-refractivity contribution in [2.75, 3.05) is 0 Å². The van der Waals surface area contributed by atoms with E-state index in [4.69, 9.17) is 5.73 Å². The molecular weight excluding hydrogens is 278 g/mol. The van der Waals surface area contributed by atoms with Gasteiger partial charge in [-0.05, 0) is 36.3 Å². The molecule has 1 aromatic carbocycles. The second-order valence-corrected chi connectivity index (χ2v) is 6.96. The van der Waals surface area contributed by atoms with Crippen LogP contribution in [0.4, 0.5) is 0 Å². The van der Waals surface area contributed by atoms with Gasteiger partial charge in [0.2, 0.25) is 0 Å². The molecule has 0 saturated heterocycles. The summed E-state index contributed by atoms with van der Waals surface area (Å²) in [7, 11) is 0. The molecule has 1 nitrogen and oxygen atoms in total. The van der Waals surface area contributed by atoms with Gasteiger partial charge in [-0.25, -0.2) is 0 Å². The van der Waals surface area contributed by atoms with Crippen molar-refractivity contribution < 1.29 is 0 Å². The summed E-state index contributed by atoms with van der Waals surface area (Å²) in [5.41, 5.74) is 9.41. The first kappa shape index (κ1) is 16.3. The Labute approximate surface area is 141 Å². The number of allylic oxidation sites excluding steroid dienone is 4. The predicted molar refractivity (Wildman–Crippen MR) is 99.1 cm³/mol. The number of benzene rings is 1. The van der Waals surface area contributed by atoms with Crippen LogP contribution in [0.5, 0.6) is 0 Å². The number of hydrogen-bond acceptors (Lipinski definition) is 1. The van der Waals surface area contributed by atoms with Crippen LogP contribution < -0.4 is 5.73 Å². The maximum atomic E-state index is 7.21. The van der Waals surface area contributed by atoms with E-state index in [0.717, 1.165) is 6.42 Å². The van der Waals surface area contributed by atoms with Crippen molar-refractivity contribution in [2.24, 2.45) is 11.7 Å². The molecule has 0 spiro atoms. The van der Waals surface area contributed by atoms with Crippen molar-refractivity contribution in [1.82, 2.24) is 0 Å². The fourth-order valence-electron chi connectivity index (χ4n) is 4.15. The van der Waals surface area contributed by atoms with Gasteiger partial charge in [0, 0.05) is 0 Å². The molecular formula is C22H29N. The minimum Gasteiger partial charge on any atom is -0.317 e. The van der Waals surface area contributed by atoms with Gasteiger partial charge in [-0.15, -0.1) is 0 Å². The maximum Gasteiger partial charge on any atom is 0.0691 e. The normalized spacial score (nSPS) is 22.6. The van der Waals surface area contributed by atoms with Crippen LogP contribution in [0.15, 0.2) is 66.3 Å². The molecule has 0 heterocycles. The Morgan fingerprint density at radius 2 is 1.57 bits per heavy atom. The highest BCUT2D eigenvalue weighted by Crippen LogP contribution is 2.42. The second kappa shape index (κ2) is 7.79. The monoisotopic (exact) mass is 307 g/mol. The Balaban J connectivity index is 2.00. The van der Waals surface area contributed by atoms with Gasteiger partial charge in [0.1, 0.15) is 0 Å². The topological polar surface area (TPSA) is 26.0 Å². The Morgan fingerprint density at radius 3 is 2.30 bits per heavy atom. The first-order valence-corrected chi connectivity index (χ1v) is 9.20. The van der Waals surface area contributed by atoms with Gasteiger partial charge >= 0.3 is 0 Å². The fraction of sp³-hybridized carbons (Fsp3) is 0.455. The van der Waals surface area contributed by atoms with Gasteiger partial charge in [0.25, 0.3) is 0 Å². The highest BCUT2D eigenvalue weighted by Gasteiger charge is 2.38. The summed E-state index contributed by atoms with van der Waals surface area (Å²) in [5.74, 6) is 0.527. The van der Waals surface area contributed by atoms with Crippen molar-refractivity contribution in [3.63, 3.8) is 0 Å². The molecule has 2 N–H and O–H groups in total. The minimum atomic E-state index is -0.360. The largest absolute Gasteiger partial charge is 0.317 e. The first-order valence-electron chi connectivity index (χ1n) is 9.20. The summed E-state index contributed by atoms with van der Waals surface area (Å²) in [6.45, 7) is 0. The van der Waals surface area contributed by atoms with Crippen molar-refractivity contribution in [3.05, 3.63) is 71.8 Å². The van der Waals surface area contributed by atoms with E-state index in [1.165, 1.54) is 56.1 Å². The van der Waals surface area contributed by atoms with E-state index < -0.39 is 0 Å². The molecule has 0 amide bonds. The highest BCUT2D eigenvalue weighted by atomic mass is 14.8. The van der Waals surface area contributed by atoms with E-state index in [2.05, 4.69) is 60.7 Å². The second-order valence-electron chi connectivity index (χ2n) is 6.96. The summed E-state index contributed by atoms with van der Waals surface area (Å²) in [5, 5.41) is 0. The molecule has 0 bridgehead atoms. The van der Waals surface area contributed by atoms with E-state index in [1.54, 1.807) is 0 Å². The van der Waals surface area contributed by atoms with Crippen LogP contribution in [0.3, 0.4) is 0 Å². The SMILES string of the molecule is NC(C1=CCC=CC=C1)(c1ccccc1)C1CCCCCCC1. The summed E-state index contributed by atoms with van der Waals surface area (Å²) >= 11 is 0. The molecule has 1 saturated carbocycles. The molecule has 1 aromatic rings. The zero-order valence-electron chi connectivity index (χ0n) is 14.1. The zero-order valence-corrected chi connectivity index (χ0v) is 14.1. The van der Waals surface area contributed by atoms with Crippen molar-refractivity contribution >= 4 is 0 Å². The van der Waals surface area contributed by atoms with Gasteiger partial charge in [-0.1, -0.05) is 92.8 Å². The standard InChI is InChI=1S/C22H29N/c23-22(21-17-11-6-12-18-21,20-15-9-4-5-10-16-20)19-13-7-2-1-3-8-14-19/h4-6,9,11-12,15-19H,1-3,7-8,10,13-14,23H2. The first-order chi connectivity index (χ1) is 11.3. The third kappa shape index (κ3) is 3.67. The van der Waals surface area contributed by atoms with Gasteiger partial charge in [-0.2, -0.15) is 0 Å². The smallest absolute Gasteiger partial charge is 0.0691 e. The van der Waals surface area contributed by atoms with Gasteiger partial charge in [0.15, 0.2) is 0 Å². The third-order valence-electron chi connectivity index (χ3n) is 5.48. The van der Waals surface area contributed by atoms with Crippen LogP contribution in [0, 0.1) is 5.92 Å². The van der Waals surface area contributed by atoms with Crippen molar-refractivity contribution in [1.29, 1.82) is 0 Å². The fourth-order valence-corrected chi connectivity index (χ4v) is 4.15. The number of nitrogens with two attached hydrogens (primary N) is 1. The Bertz CT molecular complexity index is 573. The van der Waals surface area contributed by atoms with Crippen molar-refractivity contribution in [2.45, 2.75) is 56.9 Å². The van der Waals surface area contributed by atoms with E-state index in [9.17, 15) is 0 Å². The molecule has 0 radical (unpaired) electrons. The third-order valence-corrected chi connectivity index (χ3v) is 5.48. The molecule has 3 rings (SSSR count). The quantitative estimate of drug-likeness (QED) is 0.768. The van der Waals surface area contributed by atoms with E-state index in [0.29, 0.717) is 5.92 Å². The molecule has 2 aliphatic carbocycles. The van der Waals surface area contributed by atoms with E-state index in [-0.39, 0.29) is 5.54 Å². The van der Waals surface area contributed by atoms with Crippen LogP contribution >= 0.6 is 0 Å². The lowest BCUT2D eigenvalue weighted by molar-refractivity contribution is 0.259. The lowest BCUT2D eigenvalue weighted by atomic mass is 9.68. The Kier molecular flexibility index (Phi) is 5.51. The molecule has 0 aromatic heterocycles. The van der Waals surface area contributed by atoms with Gasteiger partial charge < -0.3 is 5.73 Å². The average molecular weight is 307 g/mol. The zero-order chi connectivity index (χ0) is 16.0. The molecule has 1 unspecified atom stereocenters. The average Bonchev–Trinajstić information content (AvgIpc) is 2.84. The van der Waals surface area contributed by atoms with Crippen LogP contribution in [-0.4, -0.2) is 0 Å². The summed E-state index contributed by atoms with van der Waals surface area (Å²) in [6.07, 6.45) is 21.2. The van der Waals surface area contributed by atoms with E-state index in [1.807, 2.05) is 0 Å². The van der Waals surface area contributed by atoms with Gasteiger partial charge in [-0.3, -0.25) is 0 Å². The molecule has 1 heteroatoms. The predicted octanol–water partition coefficient (Wildman–Crippen LogP) is 5.64. The molecule has 1 atom stereocenters. The molecule has 122 valence electrons. The minimum absolute atomic E-state index is 0.360.